The van der Waals surface area contributed by atoms with Gasteiger partial charge >= 0.3 is 0 Å². The zero-order chi connectivity index (χ0) is 11.9. The molecule has 1 aromatic carbocycles. The predicted octanol–water partition coefficient (Wildman–Crippen LogP) is 3.14. The van der Waals surface area contributed by atoms with Crippen molar-refractivity contribution < 1.29 is 4.79 Å². The molecule has 0 saturated heterocycles. The highest BCUT2D eigenvalue weighted by Crippen LogP contribution is 2.35. The lowest BCUT2D eigenvalue weighted by molar-refractivity contribution is -0.120. The van der Waals surface area contributed by atoms with Crippen LogP contribution in [0.25, 0.3) is 0 Å². The van der Waals surface area contributed by atoms with Gasteiger partial charge < -0.3 is 4.90 Å². The minimum atomic E-state index is -0.501. The first-order chi connectivity index (χ1) is 7.41. The molecule has 1 heterocycles. The number of hydrogen-bond donors (Lipinski definition) is 0. The van der Waals surface area contributed by atoms with Gasteiger partial charge in [0.1, 0.15) is 0 Å². The van der Waals surface area contributed by atoms with Gasteiger partial charge in [-0.25, -0.2) is 0 Å². The number of nitrogens with zero attached hydrogens (tertiary/aromatic N) is 1. The number of hydrogen-bond acceptors (Lipinski definition) is 1. The molecule has 2 nitrogen and oxygen atoms in total. The number of alkyl halides is 1. The Hall–Kier alpha value is -0.830. The highest BCUT2D eigenvalue weighted by Gasteiger charge is 2.37. The van der Waals surface area contributed by atoms with Gasteiger partial charge in [0, 0.05) is 11.7 Å². The number of carbonyl (C=O) groups excluding carboxylic acids is 1. The minimum Gasteiger partial charge on any atom is -0.308 e. The number of para-hydroxylation sites is 1. The maximum absolute atomic E-state index is 12.3. The Morgan fingerprint density at radius 2 is 2.06 bits per heavy atom. The Balaban J connectivity index is 2.40. The third kappa shape index (κ3) is 1.88. The summed E-state index contributed by atoms with van der Waals surface area (Å²) in [6.07, 6.45) is 0.949. The second-order valence-corrected chi connectivity index (χ2v) is 6.81. The molecule has 0 N–H and O–H groups in total. The number of benzene rings is 1. The van der Waals surface area contributed by atoms with E-state index in [1.165, 1.54) is 5.56 Å². The lowest BCUT2D eigenvalue weighted by Gasteiger charge is -2.28. The first-order valence-corrected chi connectivity index (χ1v) is 6.31. The second kappa shape index (κ2) is 3.88. The molecule has 0 aromatic heterocycles. The molecule has 86 valence electrons. The van der Waals surface area contributed by atoms with Gasteiger partial charge in [-0.3, -0.25) is 4.79 Å². The molecule has 16 heavy (non-hydrogen) atoms. The molecule has 1 atom stereocenters. The molecule has 1 aliphatic rings. The van der Waals surface area contributed by atoms with E-state index in [9.17, 15) is 4.79 Å². The standard InChI is InChI=1S/C13H16BrNO/c1-9-8-10-6-4-5-7-11(10)15(9)12(16)13(2,3)14/h4-7,9H,8H2,1-3H3. The third-order valence-electron chi connectivity index (χ3n) is 2.93. The minimum absolute atomic E-state index is 0.130. The second-order valence-electron chi connectivity index (χ2n) is 4.83. The molecule has 0 radical (unpaired) electrons. The third-order valence-corrected chi connectivity index (χ3v) is 3.27. The van der Waals surface area contributed by atoms with Crippen molar-refractivity contribution in [2.45, 2.75) is 37.6 Å². The van der Waals surface area contributed by atoms with Gasteiger partial charge in [0.15, 0.2) is 0 Å². The number of anilines is 1. The summed E-state index contributed by atoms with van der Waals surface area (Å²) in [6, 6.07) is 8.38. The molecule has 0 aliphatic carbocycles. The predicted molar refractivity (Wildman–Crippen MR) is 70.1 cm³/mol. The lowest BCUT2D eigenvalue weighted by Crippen LogP contribution is -2.44. The van der Waals surface area contributed by atoms with Crippen LogP contribution >= 0.6 is 15.9 Å². The van der Waals surface area contributed by atoms with Crippen LogP contribution in [0.5, 0.6) is 0 Å². The van der Waals surface area contributed by atoms with Crippen LogP contribution in [0.3, 0.4) is 0 Å². The van der Waals surface area contributed by atoms with E-state index in [-0.39, 0.29) is 11.9 Å². The molecule has 3 heteroatoms. The van der Waals surface area contributed by atoms with Crippen LogP contribution in [0.2, 0.25) is 0 Å². The normalized spacial score (nSPS) is 19.8. The van der Waals surface area contributed by atoms with E-state index in [2.05, 4.69) is 28.9 Å². The fraction of sp³-hybridized carbons (Fsp3) is 0.462. The molecule has 0 bridgehead atoms. The Labute approximate surface area is 105 Å². The average molecular weight is 282 g/mol. The van der Waals surface area contributed by atoms with Crippen LogP contribution in [0.1, 0.15) is 26.3 Å². The van der Waals surface area contributed by atoms with Crippen molar-refractivity contribution in [2.24, 2.45) is 0 Å². The first kappa shape index (κ1) is 11.6. The summed E-state index contributed by atoms with van der Waals surface area (Å²) in [4.78, 5) is 14.2. The number of fused-ring (bicyclic) bond motifs is 1. The Morgan fingerprint density at radius 3 is 2.69 bits per heavy atom. The molecule has 0 saturated carbocycles. The van der Waals surface area contributed by atoms with Crippen molar-refractivity contribution in [3.8, 4) is 0 Å². The van der Waals surface area contributed by atoms with Gasteiger partial charge in [0.05, 0.1) is 4.32 Å². The van der Waals surface area contributed by atoms with Gasteiger partial charge in [-0.05, 0) is 38.8 Å². The van der Waals surface area contributed by atoms with Crippen LogP contribution in [-0.2, 0) is 11.2 Å². The van der Waals surface area contributed by atoms with Gasteiger partial charge in [0.25, 0.3) is 0 Å². The summed E-state index contributed by atoms with van der Waals surface area (Å²) in [6.45, 7) is 5.88. The Kier molecular flexibility index (Phi) is 2.82. The molecule has 0 spiro atoms. The van der Waals surface area contributed by atoms with Crippen molar-refractivity contribution in [1.29, 1.82) is 0 Å². The van der Waals surface area contributed by atoms with Crippen molar-refractivity contribution in [3.05, 3.63) is 29.8 Å². The summed E-state index contributed by atoms with van der Waals surface area (Å²) in [5.41, 5.74) is 2.33. The summed E-state index contributed by atoms with van der Waals surface area (Å²) >= 11 is 3.44. The fourth-order valence-corrected chi connectivity index (χ4v) is 2.35. The monoisotopic (exact) mass is 281 g/mol. The summed E-state index contributed by atoms with van der Waals surface area (Å²) in [5.74, 6) is 0.130. The van der Waals surface area contributed by atoms with Gasteiger partial charge in [-0.15, -0.1) is 0 Å². The van der Waals surface area contributed by atoms with Gasteiger partial charge in [0.2, 0.25) is 5.91 Å². The van der Waals surface area contributed by atoms with E-state index in [4.69, 9.17) is 0 Å². The van der Waals surface area contributed by atoms with Crippen LogP contribution in [0, 0.1) is 0 Å². The molecule has 1 amide bonds. The SMILES string of the molecule is CC1Cc2ccccc2N1C(=O)C(C)(C)Br. The molecule has 2 rings (SSSR count). The maximum atomic E-state index is 12.3. The van der Waals surface area contributed by atoms with Crippen LogP contribution in [0.15, 0.2) is 24.3 Å². The van der Waals surface area contributed by atoms with E-state index in [0.29, 0.717) is 0 Å². The van der Waals surface area contributed by atoms with Crippen LogP contribution in [-0.4, -0.2) is 16.3 Å². The van der Waals surface area contributed by atoms with E-state index in [1.54, 1.807) is 0 Å². The van der Waals surface area contributed by atoms with E-state index >= 15 is 0 Å². The quantitative estimate of drug-likeness (QED) is 0.725. The van der Waals surface area contributed by atoms with E-state index in [0.717, 1.165) is 12.1 Å². The molecule has 0 fully saturated rings. The Bertz CT molecular complexity index is 422. The van der Waals surface area contributed by atoms with Crippen LogP contribution in [0.4, 0.5) is 5.69 Å². The zero-order valence-corrected chi connectivity index (χ0v) is 11.4. The highest BCUT2D eigenvalue weighted by atomic mass is 79.9. The van der Waals surface area contributed by atoms with Gasteiger partial charge in [-0.1, -0.05) is 34.1 Å². The summed E-state index contributed by atoms with van der Waals surface area (Å²) < 4.78 is -0.501. The van der Waals surface area contributed by atoms with Gasteiger partial charge in [-0.2, -0.15) is 0 Å². The topological polar surface area (TPSA) is 20.3 Å². The number of halogens is 1. The summed E-state index contributed by atoms with van der Waals surface area (Å²) in [7, 11) is 0. The first-order valence-electron chi connectivity index (χ1n) is 5.52. The van der Waals surface area contributed by atoms with Crippen molar-refractivity contribution in [2.75, 3.05) is 4.90 Å². The summed E-state index contributed by atoms with van der Waals surface area (Å²) in [5, 5.41) is 0. The zero-order valence-electron chi connectivity index (χ0n) is 9.83. The Morgan fingerprint density at radius 1 is 1.44 bits per heavy atom. The van der Waals surface area contributed by atoms with Crippen molar-refractivity contribution in [1.82, 2.24) is 0 Å². The number of rotatable bonds is 1. The number of amides is 1. The van der Waals surface area contributed by atoms with Crippen molar-refractivity contribution in [3.63, 3.8) is 0 Å². The number of carbonyl (C=O) groups is 1. The smallest absolute Gasteiger partial charge is 0.243 e. The largest absolute Gasteiger partial charge is 0.308 e. The van der Waals surface area contributed by atoms with E-state index in [1.807, 2.05) is 36.9 Å². The highest BCUT2D eigenvalue weighted by molar-refractivity contribution is 9.10. The lowest BCUT2D eigenvalue weighted by atomic mass is 10.1. The van der Waals surface area contributed by atoms with Crippen molar-refractivity contribution >= 4 is 27.5 Å². The molecule has 1 aromatic rings. The average Bonchev–Trinajstić information content (AvgIpc) is 2.51. The molecule has 1 unspecified atom stereocenters. The molecular weight excluding hydrogens is 266 g/mol. The fourth-order valence-electron chi connectivity index (χ4n) is 2.16. The van der Waals surface area contributed by atoms with E-state index < -0.39 is 4.32 Å². The van der Waals surface area contributed by atoms with Crippen LogP contribution < -0.4 is 4.90 Å². The molecule has 1 aliphatic heterocycles. The molecular formula is C13H16BrNO. The maximum Gasteiger partial charge on any atom is 0.243 e.